The van der Waals surface area contributed by atoms with Crippen LogP contribution in [0.15, 0.2) is 36.5 Å². The molecule has 114 valence electrons. The third kappa shape index (κ3) is 2.86. The molecule has 2 N–H and O–H groups in total. The zero-order chi connectivity index (χ0) is 15.5. The van der Waals surface area contributed by atoms with Crippen molar-refractivity contribution >= 4 is 17.5 Å². The van der Waals surface area contributed by atoms with Gasteiger partial charge in [-0.1, -0.05) is 17.7 Å². The second-order valence-corrected chi connectivity index (χ2v) is 5.49. The van der Waals surface area contributed by atoms with Gasteiger partial charge in [0, 0.05) is 18.4 Å². The number of nitrogens with one attached hydrogen (secondary N) is 2. The van der Waals surface area contributed by atoms with E-state index in [1.54, 1.807) is 23.2 Å². The van der Waals surface area contributed by atoms with Crippen LogP contribution in [0.2, 0.25) is 0 Å². The number of likely N-dealkylation sites (tertiary alicyclic amines) is 1. The molecule has 1 saturated heterocycles. The van der Waals surface area contributed by atoms with E-state index in [-0.39, 0.29) is 6.04 Å². The van der Waals surface area contributed by atoms with Crippen molar-refractivity contribution in [2.24, 2.45) is 0 Å². The molecule has 1 aliphatic heterocycles. The number of amides is 2. The lowest BCUT2D eigenvalue weighted by Gasteiger charge is -2.23. The van der Waals surface area contributed by atoms with Crippen molar-refractivity contribution in [3.63, 3.8) is 0 Å². The smallest absolute Gasteiger partial charge is 0.313 e. The molecule has 1 fully saturated rings. The molecule has 0 saturated carbocycles. The number of nitrogens with zero attached hydrogens (tertiary/aromatic N) is 2. The van der Waals surface area contributed by atoms with Crippen LogP contribution in [0.4, 0.5) is 5.69 Å². The third-order valence-corrected chi connectivity index (χ3v) is 3.90. The molecule has 0 bridgehead atoms. The summed E-state index contributed by atoms with van der Waals surface area (Å²) >= 11 is 0. The van der Waals surface area contributed by atoms with Crippen molar-refractivity contribution in [3.8, 4) is 0 Å². The first-order chi connectivity index (χ1) is 10.6. The number of rotatable bonds is 2. The van der Waals surface area contributed by atoms with Gasteiger partial charge in [-0.05, 0) is 38.0 Å². The average Bonchev–Trinajstić information content (AvgIpc) is 3.19. The lowest BCUT2D eigenvalue weighted by molar-refractivity contribution is -0.143. The van der Waals surface area contributed by atoms with Gasteiger partial charge < -0.3 is 10.2 Å². The van der Waals surface area contributed by atoms with Crippen LogP contribution in [0.3, 0.4) is 0 Å². The molecule has 2 amide bonds. The highest BCUT2D eigenvalue weighted by atomic mass is 16.2. The van der Waals surface area contributed by atoms with Crippen LogP contribution in [0.25, 0.3) is 0 Å². The van der Waals surface area contributed by atoms with E-state index in [0.717, 1.165) is 24.1 Å². The SMILES string of the molecule is Cc1ccc(NC(=O)C(=O)N2CCCC2c2ccn[nH]2)cc1. The maximum Gasteiger partial charge on any atom is 0.313 e. The molecule has 1 atom stereocenters. The van der Waals surface area contributed by atoms with Gasteiger partial charge in [0.15, 0.2) is 0 Å². The Morgan fingerprint density at radius 3 is 2.73 bits per heavy atom. The second-order valence-electron chi connectivity index (χ2n) is 5.49. The number of benzene rings is 1. The number of hydrogen-bond acceptors (Lipinski definition) is 3. The topological polar surface area (TPSA) is 78.1 Å². The average molecular weight is 298 g/mol. The lowest BCUT2D eigenvalue weighted by atomic mass is 10.1. The van der Waals surface area contributed by atoms with Crippen LogP contribution in [0.5, 0.6) is 0 Å². The molecule has 22 heavy (non-hydrogen) atoms. The summed E-state index contributed by atoms with van der Waals surface area (Å²) in [7, 11) is 0. The van der Waals surface area contributed by atoms with Gasteiger partial charge in [-0.15, -0.1) is 0 Å². The summed E-state index contributed by atoms with van der Waals surface area (Å²) < 4.78 is 0. The van der Waals surface area contributed by atoms with Gasteiger partial charge in [0.2, 0.25) is 0 Å². The highest BCUT2D eigenvalue weighted by Gasteiger charge is 2.34. The predicted molar refractivity (Wildman–Crippen MR) is 82.1 cm³/mol. The summed E-state index contributed by atoms with van der Waals surface area (Å²) in [6.07, 6.45) is 3.38. The van der Waals surface area contributed by atoms with Crippen molar-refractivity contribution in [3.05, 3.63) is 47.8 Å². The van der Waals surface area contributed by atoms with Crippen LogP contribution in [0.1, 0.15) is 30.1 Å². The molecule has 0 radical (unpaired) electrons. The van der Waals surface area contributed by atoms with E-state index in [0.29, 0.717) is 12.2 Å². The monoisotopic (exact) mass is 298 g/mol. The molecule has 1 aromatic carbocycles. The predicted octanol–water partition coefficient (Wildman–Crippen LogP) is 2.02. The number of carbonyl (C=O) groups excluding carboxylic acids is 2. The van der Waals surface area contributed by atoms with Crippen LogP contribution in [0, 0.1) is 6.92 Å². The fraction of sp³-hybridized carbons (Fsp3) is 0.312. The molecule has 0 aliphatic carbocycles. The number of hydrogen-bond donors (Lipinski definition) is 2. The molecular formula is C16H18N4O2. The molecule has 2 aromatic rings. The zero-order valence-electron chi connectivity index (χ0n) is 12.4. The number of H-pyrrole nitrogens is 1. The minimum atomic E-state index is -0.602. The van der Waals surface area contributed by atoms with Crippen molar-refractivity contribution in [2.75, 3.05) is 11.9 Å². The van der Waals surface area contributed by atoms with Crippen LogP contribution in [-0.4, -0.2) is 33.5 Å². The van der Waals surface area contributed by atoms with Crippen LogP contribution < -0.4 is 5.32 Å². The van der Waals surface area contributed by atoms with Crippen LogP contribution >= 0.6 is 0 Å². The van der Waals surface area contributed by atoms with Gasteiger partial charge in [-0.2, -0.15) is 5.10 Å². The van der Waals surface area contributed by atoms with Crippen molar-refractivity contribution in [2.45, 2.75) is 25.8 Å². The van der Waals surface area contributed by atoms with Gasteiger partial charge in [0.25, 0.3) is 0 Å². The van der Waals surface area contributed by atoms with Crippen molar-refractivity contribution in [1.29, 1.82) is 0 Å². The second kappa shape index (κ2) is 6.01. The molecule has 0 spiro atoms. The largest absolute Gasteiger partial charge is 0.326 e. The molecule has 2 heterocycles. The Hall–Kier alpha value is -2.63. The minimum Gasteiger partial charge on any atom is -0.326 e. The fourth-order valence-electron chi connectivity index (χ4n) is 2.74. The Balaban J connectivity index is 1.70. The van der Waals surface area contributed by atoms with E-state index in [9.17, 15) is 9.59 Å². The van der Waals surface area contributed by atoms with Gasteiger partial charge in [0.05, 0.1) is 11.7 Å². The van der Waals surface area contributed by atoms with E-state index in [4.69, 9.17) is 0 Å². The molecule has 6 heteroatoms. The Labute approximate surface area is 128 Å². The molecule has 1 aromatic heterocycles. The fourth-order valence-corrected chi connectivity index (χ4v) is 2.74. The highest BCUT2D eigenvalue weighted by molar-refractivity contribution is 6.39. The highest BCUT2D eigenvalue weighted by Crippen LogP contribution is 2.30. The summed E-state index contributed by atoms with van der Waals surface area (Å²) in [6, 6.07) is 9.10. The maximum absolute atomic E-state index is 12.4. The van der Waals surface area contributed by atoms with Crippen molar-refractivity contribution in [1.82, 2.24) is 15.1 Å². The normalized spacial score (nSPS) is 17.5. The summed E-state index contributed by atoms with van der Waals surface area (Å²) in [6.45, 7) is 2.56. The first-order valence-corrected chi connectivity index (χ1v) is 7.33. The summed E-state index contributed by atoms with van der Waals surface area (Å²) in [5, 5.41) is 9.46. The number of aromatic nitrogens is 2. The van der Waals surface area contributed by atoms with Gasteiger partial charge in [-0.25, -0.2) is 0 Å². The Bertz CT molecular complexity index is 664. The standard InChI is InChI=1S/C16H18N4O2/c1-11-4-6-12(7-5-11)18-15(21)16(22)20-10-2-3-14(20)13-8-9-17-19-13/h4-9,14H,2-3,10H2,1H3,(H,17,19)(H,18,21). The number of carbonyl (C=O) groups is 2. The number of aryl methyl sites for hydroxylation is 1. The first-order valence-electron chi connectivity index (χ1n) is 7.33. The van der Waals surface area contributed by atoms with E-state index in [1.807, 2.05) is 25.1 Å². The summed E-state index contributed by atoms with van der Waals surface area (Å²) in [5.41, 5.74) is 2.60. The first kappa shape index (κ1) is 14.3. The molecule has 1 unspecified atom stereocenters. The number of anilines is 1. The summed E-state index contributed by atoms with van der Waals surface area (Å²) in [4.78, 5) is 26.2. The van der Waals surface area contributed by atoms with Gasteiger partial charge in [-0.3, -0.25) is 14.7 Å². The number of aromatic amines is 1. The van der Waals surface area contributed by atoms with E-state index >= 15 is 0 Å². The van der Waals surface area contributed by atoms with Crippen LogP contribution in [-0.2, 0) is 9.59 Å². The quantitative estimate of drug-likeness (QED) is 0.833. The van der Waals surface area contributed by atoms with Gasteiger partial charge >= 0.3 is 11.8 Å². The van der Waals surface area contributed by atoms with E-state index in [2.05, 4.69) is 15.5 Å². The minimum absolute atomic E-state index is 0.0984. The van der Waals surface area contributed by atoms with E-state index in [1.165, 1.54) is 0 Å². The van der Waals surface area contributed by atoms with E-state index < -0.39 is 11.8 Å². The molecular weight excluding hydrogens is 280 g/mol. The third-order valence-electron chi connectivity index (χ3n) is 3.90. The lowest BCUT2D eigenvalue weighted by Crippen LogP contribution is -2.39. The Morgan fingerprint density at radius 2 is 2.05 bits per heavy atom. The molecule has 1 aliphatic rings. The maximum atomic E-state index is 12.4. The zero-order valence-corrected chi connectivity index (χ0v) is 12.4. The Morgan fingerprint density at radius 1 is 1.27 bits per heavy atom. The van der Waals surface area contributed by atoms with Crippen molar-refractivity contribution < 1.29 is 9.59 Å². The molecule has 3 rings (SSSR count). The molecule has 6 nitrogen and oxygen atoms in total. The van der Waals surface area contributed by atoms with Gasteiger partial charge in [0.1, 0.15) is 0 Å². The Kier molecular flexibility index (Phi) is 3.91. The summed E-state index contributed by atoms with van der Waals surface area (Å²) in [5.74, 6) is -1.10.